The molecule has 0 amide bonds. The molecule has 0 aromatic heterocycles. The highest BCUT2D eigenvalue weighted by Crippen LogP contribution is 2.31. The molecule has 4 nitrogen and oxygen atoms in total. The van der Waals surface area contributed by atoms with Gasteiger partial charge in [0.25, 0.3) is 0 Å². The zero-order chi connectivity index (χ0) is 16.4. The van der Waals surface area contributed by atoms with Gasteiger partial charge in [-0.25, -0.2) is 4.79 Å². The second-order valence-corrected chi connectivity index (χ2v) is 5.85. The number of carboxylic acid groups (broad SMARTS) is 1. The highest BCUT2D eigenvalue weighted by Gasteiger charge is 2.24. The summed E-state index contributed by atoms with van der Waals surface area (Å²) in [5.74, 6) is -0.900. The topological polar surface area (TPSA) is 59.1 Å². The molecule has 2 atom stereocenters. The summed E-state index contributed by atoms with van der Waals surface area (Å²) in [5, 5.41) is 9.17. The van der Waals surface area contributed by atoms with Crippen molar-refractivity contribution in [2.24, 2.45) is 0 Å². The van der Waals surface area contributed by atoms with Crippen molar-refractivity contribution in [3.8, 4) is 11.1 Å². The van der Waals surface area contributed by atoms with Gasteiger partial charge in [-0.15, -0.1) is 0 Å². The molecule has 1 N–H and O–H groups in total. The number of hydrogen-bond donors (Lipinski definition) is 1. The number of carbonyl (C=O) groups is 1. The lowest BCUT2D eigenvalue weighted by Gasteiger charge is -2.17. The largest absolute Gasteiger partial charge is 0.478 e. The molecule has 4 heteroatoms. The van der Waals surface area contributed by atoms with Gasteiger partial charge in [0.1, 0.15) is 6.10 Å². The monoisotopic (exact) mass is 312 g/mol. The first kappa shape index (κ1) is 15.7. The molecule has 23 heavy (non-hydrogen) atoms. The van der Waals surface area contributed by atoms with E-state index in [1.165, 1.54) is 0 Å². The fraction of sp³-hybridized carbons (Fsp3) is 0.316. The SMILES string of the molecule is Cc1cc(-c2ccccc2[C@@H](C)OC[C@H]2CO2)ccc1C(=O)O. The van der Waals surface area contributed by atoms with E-state index in [9.17, 15) is 4.79 Å². The lowest BCUT2D eigenvalue weighted by Crippen LogP contribution is -2.07. The number of carboxylic acids is 1. The Morgan fingerprint density at radius 2 is 2.09 bits per heavy atom. The molecule has 0 bridgehead atoms. The number of aryl methyl sites for hydroxylation is 1. The number of epoxide rings is 1. The van der Waals surface area contributed by atoms with Crippen LogP contribution in [0.1, 0.15) is 34.5 Å². The fourth-order valence-corrected chi connectivity index (χ4v) is 2.69. The zero-order valence-corrected chi connectivity index (χ0v) is 13.3. The van der Waals surface area contributed by atoms with Gasteiger partial charge in [0.15, 0.2) is 0 Å². The van der Waals surface area contributed by atoms with Crippen LogP contribution < -0.4 is 0 Å². The molecule has 2 aromatic carbocycles. The minimum absolute atomic E-state index is 0.0464. The van der Waals surface area contributed by atoms with Crippen LogP contribution >= 0.6 is 0 Å². The van der Waals surface area contributed by atoms with E-state index in [-0.39, 0.29) is 12.2 Å². The second kappa shape index (κ2) is 6.52. The Labute approximate surface area is 135 Å². The van der Waals surface area contributed by atoms with Gasteiger partial charge >= 0.3 is 5.97 Å². The minimum Gasteiger partial charge on any atom is -0.478 e. The first-order valence-electron chi connectivity index (χ1n) is 7.72. The summed E-state index contributed by atoms with van der Waals surface area (Å²) in [6, 6.07) is 13.5. The molecule has 0 spiro atoms. The first-order chi connectivity index (χ1) is 11.1. The zero-order valence-electron chi connectivity index (χ0n) is 13.3. The maximum Gasteiger partial charge on any atom is 0.335 e. The molecule has 0 saturated carbocycles. The first-order valence-corrected chi connectivity index (χ1v) is 7.72. The third-order valence-corrected chi connectivity index (χ3v) is 4.10. The van der Waals surface area contributed by atoms with E-state index < -0.39 is 5.97 Å². The molecular formula is C19H20O4. The predicted octanol–water partition coefficient (Wildman–Crippen LogP) is 3.84. The Balaban J connectivity index is 1.89. The molecule has 2 aromatic rings. The molecule has 1 fully saturated rings. The van der Waals surface area contributed by atoms with E-state index in [2.05, 4.69) is 0 Å². The summed E-state index contributed by atoms with van der Waals surface area (Å²) in [4.78, 5) is 11.2. The number of hydrogen-bond acceptors (Lipinski definition) is 3. The van der Waals surface area contributed by atoms with Gasteiger partial charge in [0.05, 0.1) is 24.9 Å². The Bertz CT molecular complexity index is 719. The summed E-state index contributed by atoms with van der Waals surface area (Å²) >= 11 is 0. The van der Waals surface area contributed by atoms with Gasteiger partial charge in [-0.3, -0.25) is 0 Å². The van der Waals surface area contributed by atoms with Crippen molar-refractivity contribution in [3.63, 3.8) is 0 Å². The van der Waals surface area contributed by atoms with Gasteiger partial charge in [-0.1, -0.05) is 36.4 Å². The molecule has 120 valence electrons. The lowest BCUT2D eigenvalue weighted by molar-refractivity contribution is 0.0543. The Kier molecular flexibility index (Phi) is 4.46. The number of rotatable bonds is 6. The molecule has 0 aliphatic carbocycles. The fourth-order valence-electron chi connectivity index (χ4n) is 2.69. The highest BCUT2D eigenvalue weighted by atomic mass is 16.6. The third kappa shape index (κ3) is 3.60. The molecule has 0 unspecified atom stereocenters. The molecule has 1 aliphatic rings. The Morgan fingerprint density at radius 3 is 2.74 bits per heavy atom. The van der Waals surface area contributed by atoms with Gasteiger partial charge < -0.3 is 14.6 Å². The summed E-state index contributed by atoms with van der Waals surface area (Å²) in [7, 11) is 0. The lowest BCUT2D eigenvalue weighted by atomic mass is 9.94. The summed E-state index contributed by atoms with van der Waals surface area (Å²) in [5.41, 5.74) is 4.25. The Morgan fingerprint density at radius 1 is 1.35 bits per heavy atom. The molecule has 1 aliphatic heterocycles. The van der Waals surface area contributed by atoms with Crippen LogP contribution in [0, 0.1) is 6.92 Å². The second-order valence-electron chi connectivity index (χ2n) is 5.85. The van der Waals surface area contributed by atoms with E-state index in [4.69, 9.17) is 14.6 Å². The van der Waals surface area contributed by atoms with E-state index >= 15 is 0 Å². The molecule has 3 rings (SSSR count). The number of benzene rings is 2. The maximum absolute atomic E-state index is 11.2. The summed E-state index contributed by atoms with van der Waals surface area (Å²) < 4.78 is 11.1. The van der Waals surface area contributed by atoms with Crippen LogP contribution in [-0.4, -0.2) is 30.4 Å². The molecule has 1 heterocycles. The van der Waals surface area contributed by atoms with Gasteiger partial charge in [-0.2, -0.15) is 0 Å². The van der Waals surface area contributed by atoms with Crippen LogP contribution in [0.5, 0.6) is 0 Å². The van der Waals surface area contributed by atoms with Crippen LogP contribution in [0.15, 0.2) is 42.5 Å². The van der Waals surface area contributed by atoms with Crippen LogP contribution in [-0.2, 0) is 9.47 Å². The molecular weight excluding hydrogens is 292 g/mol. The summed E-state index contributed by atoms with van der Waals surface area (Å²) in [6.07, 6.45) is 0.191. The van der Waals surface area contributed by atoms with Crippen LogP contribution in [0.2, 0.25) is 0 Å². The smallest absolute Gasteiger partial charge is 0.335 e. The van der Waals surface area contributed by atoms with E-state index in [1.54, 1.807) is 6.07 Å². The molecule has 1 saturated heterocycles. The quantitative estimate of drug-likeness (QED) is 0.823. The predicted molar refractivity (Wildman–Crippen MR) is 87.7 cm³/mol. The standard InChI is InChI=1S/C19H20O4/c1-12-9-14(7-8-16(12)19(20)21)18-6-4-3-5-17(18)13(2)22-10-15-11-23-15/h3-9,13,15H,10-11H2,1-2H3,(H,20,21)/t13-,15+/m1/s1. The average Bonchev–Trinajstić information content (AvgIpc) is 3.36. The third-order valence-electron chi connectivity index (χ3n) is 4.10. The van der Waals surface area contributed by atoms with Crippen molar-refractivity contribution in [1.29, 1.82) is 0 Å². The summed E-state index contributed by atoms with van der Waals surface area (Å²) in [6.45, 7) is 5.23. The highest BCUT2D eigenvalue weighted by molar-refractivity contribution is 5.90. The van der Waals surface area contributed by atoms with E-state index in [0.29, 0.717) is 12.2 Å². The molecule has 0 radical (unpaired) electrons. The van der Waals surface area contributed by atoms with Gasteiger partial charge in [-0.05, 0) is 42.2 Å². The van der Waals surface area contributed by atoms with Crippen molar-refractivity contribution in [2.75, 3.05) is 13.2 Å². The van der Waals surface area contributed by atoms with Gasteiger partial charge in [0, 0.05) is 0 Å². The average molecular weight is 312 g/mol. The maximum atomic E-state index is 11.2. The number of aromatic carboxylic acids is 1. The van der Waals surface area contributed by atoms with Crippen molar-refractivity contribution in [1.82, 2.24) is 0 Å². The van der Waals surface area contributed by atoms with Crippen molar-refractivity contribution in [2.45, 2.75) is 26.1 Å². The normalized spacial score (nSPS) is 17.7. The number of ether oxygens (including phenoxy) is 2. The van der Waals surface area contributed by atoms with Gasteiger partial charge in [0.2, 0.25) is 0 Å². The Hall–Kier alpha value is -2.17. The van der Waals surface area contributed by atoms with Crippen LogP contribution in [0.4, 0.5) is 0 Å². The van der Waals surface area contributed by atoms with E-state index in [0.717, 1.165) is 28.9 Å². The van der Waals surface area contributed by atoms with Crippen LogP contribution in [0.3, 0.4) is 0 Å². The van der Waals surface area contributed by atoms with Crippen molar-refractivity contribution < 1.29 is 19.4 Å². The van der Waals surface area contributed by atoms with Crippen LogP contribution in [0.25, 0.3) is 11.1 Å². The van der Waals surface area contributed by atoms with Crippen molar-refractivity contribution in [3.05, 3.63) is 59.2 Å². The van der Waals surface area contributed by atoms with Crippen molar-refractivity contribution >= 4 is 5.97 Å². The van der Waals surface area contributed by atoms with E-state index in [1.807, 2.05) is 50.2 Å². The minimum atomic E-state index is -0.900.